The lowest BCUT2D eigenvalue weighted by atomic mass is 10.1. The lowest BCUT2D eigenvalue weighted by molar-refractivity contribution is 0.598. The molecule has 23 nitrogen and oxygen atoms in total. The van der Waals surface area contributed by atoms with Crippen molar-refractivity contribution in [2.75, 3.05) is 56.0 Å². The van der Waals surface area contributed by atoms with Crippen LogP contribution >= 0.6 is 0 Å². The number of benzene rings is 10. The Kier molecular flexibility index (Phi) is 17.7. The molecule has 10 aromatic carbocycles. The highest BCUT2D eigenvalue weighted by atomic mass is 16.3. The van der Waals surface area contributed by atoms with Gasteiger partial charge >= 0.3 is 0 Å². The van der Waals surface area contributed by atoms with Gasteiger partial charge in [-0.15, -0.1) is 0 Å². The van der Waals surface area contributed by atoms with Crippen molar-refractivity contribution in [1.82, 2.24) is 39.9 Å². The molecule has 668 valence electrons. The van der Waals surface area contributed by atoms with Crippen molar-refractivity contribution in [3.63, 3.8) is 0 Å². The maximum atomic E-state index is 8.77. The van der Waals surface area contributed by atoms with Crippen LogP contribution < -0.4 is 49.0 Å². The van der Waals surface area contributed by atoms with Crippen LogP contribution in [0, 0.1) is 34.6 Å². The highest BCUT2D eigenvalue weighted by molar-refractivity contribution is 6.16. The Balaban J connectivity index is 0.000000107. The van der Waals surface area contributed by atoms with Crippen molar-refractivity contribution in [2.45, 2.75) is 179 Å². The van der Waals surface area contributed by atoms with E-state index in [1.54, 1.807) is 42.1 Å². The maximum absolute atomic E-state index is 8.77. The van der Waals surface area contributed by atoms with Crippen molar-refractivity contribution < 1.29 is 39.9 Å². The van der Waals surface area contributed by atoms with Gasteiger partial charge in [-0.1, -0.05) is 152 Å². The lowest BCUT2D eigenvalue weighted by Gasteiger charge is -2.33. The summed E-state index contributed by atoms with van der Waals surface area (Å²) in [6, 6.07) is 63.0. The molecule has 20 aromatic rings. The molecule has 23 heteroatoms. The summed E-state index contributed by atoms with van der Waals surface area (Å²) in [4.78, 5) is 54.8. The Labute approximate surface area is 791 Å². The summed E-state index contributed by atoms with van der Waals surface area (Å²) in [5.41, 5.74) is 19.4. The molecule has 7 unspecified atom stereocenters. The van der Waals surface area contributed by atoms with E-state index in [0.29, 0.717) is 34.7 Å². The van der Waals surface area contributed by atoms with Crippen LogP contribution in [0.1, 0.15) is 136 Å². The topological polar surface area (TPSA) is 201 Å². The molecule has 0 radical (unpaired) electrons. The minimum atomic E-state index is -2.55. The van der Waals surface area contributed by atoms with Gasteiger partial charge in [-0.3, -0.25) is 14.7 Å². The molecule has 133 heavy (non-hydrogen) atoms. The first kappa shape index (κ1) is 70.6. The summed E-state index contributed by atoms with van der Waals surface area (Å²) in [6.45, 7) is 23.0. The number of hydrogen-bond donors (Lipinski definition) is 0. The Morgan fingerprint density at radius 1 is 0.248 bits per heavy atom. The van der Waals surface area contributed by atoms with Crippen LogP contribution in [-0.4, -0.2) is 102 Å². The van der Waals surface area contributed by atoms with E-state index in [-0.39, 0.29) is 12.3 Å². The van der Waals surface area contributed by atoms with Crippen molar-refractivity contribution in [3.8, 4) is 0 Å². The van der Waals surface area contributed by atoms with Crippen LogP contribution in [0.25, 0.3) is 110 Å². The molecule has 25 rings (SSSR count). The van der Waals surface area contributed by atoms with Crippen molar-refractivity contribution in [2.24, 2.45) is 0 Å². The zero-order chi connectivity index (χ0) is 103. The summed E-state index contributed by atoms with van der Waals surface area (Å²) in [7, 11) is 0. The highest BCUT2D eigenvalue weighted by Crippen LogP contribution is 2.55. The third-order valence-electron chi connectivity index (χ3n) is 26.1. The van der Waals surface area contributed by atoms with Gasteiger partial charge < -0.3 is 56.4 Å². The largest absolute Gasteiger partial charge is 0.454 e. The number of aromatic nitrogens is 8. The molecule has 5 aliphatic heterocycles. The molecule has 0 saturated heterocycles. The molecule has 10 aromatic heterocycles. The van der Waals surface area contributed by atoms with Gasteiger partial charge in [0.25, 0.3) is 0 Å². The average Bonchev–Trinajstić information content (AvgIpc) is 1.59. The number of nitrogens with zero attached hydrogens (tertiary/aromatic N) is 18. The Bertz CT molecular complexity index is 7880. The zero-order valence-corrected chi connectivity index (χ0v) is 76.7. The summed E-state index contributed by atoms with van der Waals surface area (Å²) in [6.07, 6.45) is 11.4. The standard InChI is InChI=1S/2C23H23N3O.2C22H22N4O.C20H18N4O/c2*1-14(2)25-16(4)26(19-9-7-13-24-23(19)25)21-15(3)11-12-18-17-8-5-6-10-20(17)27-22(18)21;2*1-13(2)25-15(4)26(22-21(25)23-11-12-24-22)19-14(3)9-10-17-16-7-5-6-8-18(16)27-20(17)19;1-12-8-9-15-14-6-4-5-7-16(14)25-18(15)17(12)24-13(2)23(3)19-20(24)22-11-10-21-19/h2*5-14,16H,1-4H3;2*5-13,15H,1-4H3;4-11,13H,1-3H3/i1D3,14D;14D;1D3,13D;13D;3D3. The molecule has 0 bridgehead atoms. The van der Waals surface area contributed by atoms with Gasteiger partial charge in [0.15, 0.2) is 74.5 Å². The molecule has 15 heterocycles. The minimum absolute atomic E-state index is 0.0603. The molecule has 7 atom stereocenters. The van der Waals surface area contributed by atoms with E-state index in [1.165, 1.54) is 36.0 Å². The van der Waals surface area contributed by atoms with Gasteiger partial charge in [-0.05, 0) is 207 Å². The van der Waals surface area contributed by atoms with Gasteiger partial charge in [-0.2, -0.15) is 0 Å². The Hall–Kier alpha value is -15.3. The van der Waals surface area contributed by atoms with Gasteiger partial charge in [0.1, 0.15) is 58.7 Å². The monoisotopic (exact) mass is 1770 g/mol. The molecule has 0 N–H and O–H groups in total. The lowest BCUT2D eigenvalue weighted by Crippen LogP contribution is -2.42. The van der Waals surface area contributed by atoms with Gasteiger partial charge in [0.05, 0.1) is 45.3 Å². The molecule has 0 spiro atoms. The van der Waals surface area contributed by atoms with E-state index in [0.717, 1.165) is 189 Å². The van der Waals surface area contributed by atoms with Crippen molar-refractivity contribution >= 4 is 196 Å². The van der Waals surface area contributed by atoms with Crippen LogP contribution in [0.5, 0.6) is 0 Å². The van der Waals surface area contributed by atoms with Crippen LogP contribution in [0.3, 0.4) is 0 Å². The third kappa shape index (κ3) is 13.6. The first-order chi connectivity index (χ1) is 69.4. The van der Waals surface area contributed by atoms with Gasteiger partial charge in [0.2, 0.25) is 0 Å². The van der Waals surface area contributed by atoms with Crippen molar-refractivity contribution in [1.29, 1.82) is 0 Å². The molecule has 0 fully saturated rings. The molecule has 0 amide bonds. The molecule has 0 aliphatic carbocycles. The molecule has 5 aliphatic rings. The van der Waals surface area contributed by atoms with Gasteiger partial charge in [0, 0.05) is 147 Å². The van der Waals surface area contributed by atoms with Crippen LogP contribution in [-0.2, 0) is 0 Å². The van der Waals surface area contributed by atoms with E-state index >= 15 is 0 Å². The minimum Gasteiger partial charge on any atom is -0.454 e. The smallest absolute Gasteiger partial charge is 0.178 e. The van der Waals surface area contributed by atoms with Gasteiger partial charge in [-0.25, -0.2) is 39.9 Å². The molecular weight excluding hydrogens is 1650 g/mol. The first-order valence-electron chi connectivity index (χ1n) is 51.2. The Morgan fingerprint density at radius 2 is 0.489 bits per heavy atom. The zero-order valence-electron chi connectivity index (χ0n) is 89.7. The second-order valence-corrected chi connectivity index (χ2v) is 34.8. The number of fused-ring (bicyclic) bond motifs is 20. The first-order valence-corrected chi connectivity index (χ1v) is 44.7. The van der Waals surface area contributed by atoms with Crippen LogP contribution in [0.15, 0.2) is 278 Å². The second-order valence-electron chi connectivity index (χ2n) is 34.8. The number of furan rings is 5. The SMILES string of the molecule is [2H]C(C)(C)N1c2ncccc2N(c2c(C)ccc3c2oc2ccccc23)C1C.[2H]C(C)(C)N1c2nccnc2N(c2c(C)ccc3c2oc2ccccc23)C1C.[2H]C([2H])([2H])C([2H])(C)N1c2ncccc2N(c2c(C)ccc3c2oc2ccccc23)C1C.[2H]C([2H])([2H])C([2H])(C)N1c2nccnc2N(c2c(C)ccc3c2oc2ccccc23)C1C.[2H]C([2H])([2H])N1c2nccnc2N(c2c(C)ccc3c2oc2ccccc23)C1C. The number of pyridine rings is 2. The van der Waals surface area contributed by atoms with E-state index in [9.17, 15) is 0 Å². The fourth-order valence-electron chi connectivity index (χ4n) is 20.3. The third-order valence-corrected chi connectivity index (χ3v) is 26.1. The molecule has 0 saturated carbocycles. The number of hydrogen-bond acceptors (Lipinski definition) is 23. The van der Waals surface area contributed by atoms with E-state index in [1.807, 2.05) is 240 Å². The van der Waals surface area contributed by atoms with E-state index in [4.69, 9.17) is 39.9 Å². The van der Waals surface area contributed by atoms with Crippen LogP contribution in [0.4, 0.5) is 86.4 Å². The fourth-order valence-corrected chi connectivity index (χ4v) is 20.3. The predicted octanol–water partition coefficient (Wildman–Crippen LogP) is 27.4. The normalized spacial score (nSPS) is 19.5. The summed E-state index contributed by atoms with van der Waals surface area (Å²) < 4.78 is 138. The fraction of sp³-hybridized carbons (Fsp3) is 0.255. The van der Waals surface area contributed by atoms with Crippen LogP contribution in [0.2, 0.25) is 0 Å². The summed E-state index contributed by atoms with van der Waals surface area (Å²) >= 11 is 0. The Morgan fingerprint density at radius 3 is 0.789 bits per heavy atom. The summed E-state index contributed by atoms with van der Waals surface area (Å²) in [5, 5.41) is 10.4. The summed E-state index contributed by atoms with van der Waals surface area (Å²) in [5.74, 6) is 4.54. The van der Waals surface area contributed by atoms with Crippen molar-refractivity contribution in [3.05, 3.63) is 284 Å². The number of para-hydroxylation sites is 5. The maximum Gasteiger partial charge on any atom is 0.178 e. The average molecular weight is 1780 g/mol. The van der Waals surface area contributed by atoms with E-state index in [2.05, 4.69) is 137 Å². The quantitative estimate of drug-likeness (QED) is 0.132. The number of rotatable bonds is 9. The molecular formula is C110H108N18O5. The number of anilines is 15. The predicted molar refractivity (Wildman–Crippen MR) is 544 cm³/mol. The highest BCUT2D eigenvalue weighted by Gasteiger charge is 2.45. The second kappa shape index (κ2) is 33.3. The number of aryl methyl sites for hydroxylation is 5. The van der Waals surface area contributed by atoms with E-state index < -0.39 is 63.2 Å².